The topological polar surface area (TPSA) is 21.5 Å². The Bertz CT molecular complexity index is 520. The van der Waals surface area contributed by atoms with Gasteiger partial charge in [0, 0.05) is 16.7 Å². The molecule has 2 aromatic heterocycles. The number of hydrogen-bond donors (Lipinski definition) is 0. The van der Waals surface area contributed by atoms with Gasteiger partial charge in [0.15, 0.2) is 0 Å². The Morgan fingerprint density at radius 3 is 2.77 bits per heavy atom. The van der Waals surface area contributed by atoms with E-state index < -0.39 is 5.82 Å². The monoisotopic (exact) mass is 241 g/mol. The molecule has 0 fully saturated rings. The van der Waals surface area contributed by atoms with Crippen molar-refractivity contribution in [3.8, 4) is 0 Å². The third kappa shape index (κ3) is 1.37. The molecule has 0 N–H and O–H groups in total. The minimum absolute atomic E-state index is 0.238. The first-order valence-electron chi connectivity index (χ1n) is 3.65. The summed E-state index contributed by atoms with van der Waals surface area (Å²) in [7, 11) is 0. The van der Waals surface area contributed by atoms with Crippen LogP contribution in [0.25, 0.3) is 5.52 Å². The highest BCUT2D eigenvalue weighted by Gasteiger charge is 2.00. The van der Waals surface area contributed by atoms with Gasteiger partial charge in [-0.15, -0.1) is 0 Å². The van der Waals surface area contributed by atoms with Gasteiger partial charge >= 0.3 is 0 Å². The van der Waals surface area contributed by atoms with Crippen LogP contribution in [0.4, 0.5) is 4.39 Å². The lowest BCUT2D eigenvalue weighted by atomic mass is 10.3. The second-order valence-electron chi connectivity index (χ2n) is 2.62. The van der Waals surface area contributed by atoms with Gasteiger partial charge in [0.25, 0.3) is 5.56 Å². The molecule has 0 saturated heterocycles. The maximum atomic E-state index is 12.8. The van der Waals surface area contributed by atoms with E-state index in [2.05, 4.69) is 15.9 Å². The summed E-state index contributed by atoms with van der Waals surface area (Å²) in [6.45, 7) is 0. The molecule has 0 bridgehead atoms. The van der Waals surface area contributed by atoms with E-state index in [1.165, 1.54) is 22.7 Å². The van der Waals surface area contributed by atoms with Crippen LogP contribution in [0.3, 0.4) is 0 Å². The van der Waals surface area contributed by atoms with Crippen LogP contribution in [0.1, 0.15) is 0 Å². The third-order valence-corrected chi connectivity index (χ3v) is 2.44. The second kappa shape index (κ2) is 2.96. The Labute approximate surface area is 81.8 Å². The number of pyridine rings is 2. The van der Waals surface area contributed by atoms with Crippen molar-refractivity contribution in [3.63, 3.8) is 0 Å². The van der Waals surface area contributed by atoms with E-state index in [0.29, 0.717) is 5.52 Å². The normalized spacial score (nSPS) is 10.6. The highest BCUT2D eigenvalue weighted by molar-refractivity contribution is 9.10. The minimum atomic E-state index is -0.423. The average Bonchev–Trinajstić information content (AvgIpc) is 2.12. The maximum Gasteiger partial charge on any atom is 0.255 e. The highest BCUT2D eigenvalue weighted by atomic mass is 79.9. The fraction of sp³-hybridized carbons (Fsp3) is 0. The zero-order valence-electron chi connectivity index (χ0n) is 6.50. The largest absolute Gasteiger partial charge is 0.280 e. The van der Waals surface area contributed by atoms with E-state index in [1.807, 2.05) is 0 Å². The summed E-state index contributed by atoms with van der Waals surface area (Å²) < 4.78 is 14.8. The van der Waals surface area contributed by atoms with Crippen molar-refractivity contribution in [1.29, 1.82) is 0 Å². The zero-order valence-corrected chi connectivity index (χ0v) is 8.08. The van der Waals surface area contributed by atoms with E-state index >= 15 is 0 Å². The predicted octanol–water partition coefficient (Wildman–Crippen LogP) is 2.20. The Balaban J connectivity index is 3.01. The summed E-state index contributed by atoms with van der Waals surface area (Å²) in [5, 5.41) is 0. The molecule has 0 radical (unpaired) electrons. The van der Waals surface area contributed by atoms with Crippen molar-refractivity contribution in [2.24, 2.45) is 0 Å². The van der Waals surface area contributed by atoms with E-state index in [1.54, 1.807) is 12.1 Å². The van der Waals surface area contributed by atoms with E-state index in [4.69, 9.17) is 0 Å². The lowest BCUT2D eigenvalue weighted by Gasteiger charge is -2.01. The lowest BCUT2D eigenvalue weighted by molar-refractivity contribution is 0.618. The summed E-state index contributed by atoms with van der Waals surface area (Å²) in [6, 6.07) is 5.91. The van der Waals surface area contributed by atoms with Crippen molar-refractivity contribution in [3.05, 3.63) is 51.1 Å². The van der Waals surface area contributed by atoms with Gasteiger partial charge in [0.2, 0.25) is 0 Å². The summed E-state index contributed by atoms with van der Waals surface area (Å²) in [6.07, 6.45) is 1.17. The smallest absolute Gasteiger partial charge is 0.255 e. The minimum Gasteiger partial charge on any atom is -0.280 e. The quantitative estimate of drug-likeness (QED) is 0.693. The molecule has 0 unspecified atom stereocenters. The van der Waals surface area contributed by atoms with Crippen molar-refractivity contribution < 1.29 is 4.39 Å². The van der Waals surface area contributed by atoms with Gasteiger partial charge in [-0.2, -0.15) is 0 Å². The van der Waals surface area contributed by atoms with Crippen LogP contribution in [-0.4, -0.2) is 4.40 Å². The lowest BCUT2D eigenvalue weighted by Crippen LogP contribution is -2.11. The van der Waals surface area contributed by atoms with Crippen LogP contribution in [0.5, 0.6) is 0 Å². The van der Waals surface area contributed by atoms with Gasteiger partial charge < -0.3 is 0 Å². The molecule has 0 saturated carbocycles. The van der Waals surface area contributed by atoms with Gasteiger partial charge in [-0.3, -0.25) is 9.20 Å². The Kier molecular flexibility index (Phi) is 1.92. The van der Waals surface area contributed by atoms with Crippen molar-refractivity contribution in [2.45, 2.75) is 0 Å². The van der Waals surface area contributed by atoms with E-state index in [9.17, 15) is 9.18 Å². The van der Waals surface area contributed by atoms with Crippen LogP contribution in [0.15, 0.2) is 39.7 Å². The number of fused-ring (bicyclic) bond motifs is 1. The molecule has 0 aromatic carbocycles. The summed E-state index contributed by atoms with van der Waals surface area (Å²) in [5.41, 5.74) is 0.423. The SMILES string of the molecule is O=c1ccc(Br)c2ccc(F)cn12. The molecule has 2 nitrogen and oxygen atoms in total. The van der Waals surface area contributed by atoms with Gasteiger partial charge in [-0.25, -0.2) is 4.39 Å². The molecular weight excluding hydrogens is 237 g/mol. The first-order valence-corrected chi connectivity index (χ1v) is 4.44. The maximum absolute atomic E-state index is 12.8. The van der Waals surface area contributed by atoms with E-state index in [-0.39, 0.29) is 5.56 Å². The van der Waals surface area contributed by atoms with Crippen LogP contribution in [0.2, 0.25) is 0 Å². The predicted molar refractivity (Wildman–Crippen MR) is 51.3 cm³/mol. The first-order chi connectivity index (χ1) is 6.18. The highest BCUT2D eigenvalue weighted by Crippen LogP contribution is 2.15. The molecule has 0 atom stereocenters. The van der Waals surface area contributed by atoms with Crippen molar-refractivity contribution in [1.82, 2.24) is 4.40 Å². The summed E-state index contributed by atoms with van der Waals surface area (Å²) in [5.74, 6) is -0.423. The van der Waals surface area contributed by atoms with Gasteiger partial charge in [-0.1, -0.05) is 0 Å². The molecule has 2 heterocycles. The molecule has 66 valence electrons. The average molecular weight is 242 g/mol. The molecule has 2 aromatic rings. The van der Waals surface area contributed by atoms with Crippen LogP contribution >= 0.6 is 15.9 Å². The van der Waals surface area contributed by atoms with Crippen molar-refractivity contribution in [2.75, 3.05) is 0 Å². The standard InChI is InChI=1S/C9H5BrFNO/c10-7-2-4-9(13)12-5-6(11)1-3-8(7)12/h1-5H. The molecular formula is C9H5BrFNO. The molecule has 13 heavy (non-hydrogen) atoms. The second-order valence-corrected chi connectivity index (χ2v) is 3.48. The van der Waals surface area contributed by atoms with Crippen LogP contribution < -0.4 is 5.56 Å². The molecule has 4 heteroatoms. The summed E-state index contributed by atoms with van der Waals surface area (Å²) >= 11 is 3.27. The Morgan fingerprint density at radius 2 is 2.00 bits per heavy atom. The van der Waals surface area contributed by atoms with Crippen LogP contribution in [-0.2, 0) is 0 Å². The van der Waals surface area contributed by atoms with Crippen molar-refractivity contribution >= 4 is 21.4 Å². The molecule has 2 rings (SSSR count). The van der Waals surface area contributed by atoms with Gasteiger partial charge in [0.1, 0.15) is 5.82 Å². The fourth-order valence-electron chi connectivity index (χ4n) is 1.16. The zero-order chi connectivity index (χ0) is 9.42. The Hall–Kier alpha value is -1.16. The van der Waals surface area contributed by atoms with Gasteiger partial charge in [0.05, 0.1) is 5.52 Å². The third-order valence-electron chi connectivity index (χ3n) is 1.77. The first kappa shape index (κ1) is 8.44. The number of aromatic nitrogens is 1. The van der Waals surface area contributed by atoms with E-state index in [0.717, 1.165) is 4.47 Å². The summed E-state index contributed by atoms with van der Waals surface area (Å²) in [4.78, 5) is 11.3. The molecule has 0 amide bonds. The molecule has 0 aliphatic carbocycles. The molecule has 0 aliphatic rings. The Morgan fingerprint density at radius 1 is 1.23 bits per heavy atom. The molecule has 0 aliphatic heterocycles. The van der Waals surface area contributed by atoms with Crippen LogP contribution in [0, 0.1) is 5.82 Å². The molecule has 0 spiro atoms. The number of halogens is 2. The number of hydrogen-bond acceptors (Lipinski definition) is 1. The fourth-order valence-corrected chi connectivity index (χ4v) is 1.62. The number of rotatable bonds is 0. The van der Waals surface area contributed by atoms with Gasteiger partial charge in [-0.05, 0) is 34.1 Å². The number of nitrogens with zero attached hydrogens (tertiary/aromatic N) is 1.